The quantitative estimate of drug-likeness (QED) is 0.848. The number of hydrogen-bond donors (Lipinski definition) is 2. The van der Waals surface area contributed by atoms with Gasteiger partial charge in [0.25, 0.3) is 0 Å². The van der Waals surface area contributed by atoms with Crippen molar-refractivity contribution in [2.45, 2.75) is 44.7 Å². The second kappa shape index (κ2) is 5.30. The molecule has 1 fully saturated rings. The van der Waals surface area contributed by atoms with Gasteiger partial charge in [0.2, 0.25) is 0 Å². The maximum Gasteiger partial charge on any atom is 0.315 e. The molecule has 0 radical (unpaired) electrons. The Morgan fingerprint density at radius 3 is 3.00 bits per heavy atom. The predicted molar refractivity (Wildman–Crippen MR) is 64.5 cm³/mol. The number of nitrogens with one attached hydrogen (secondary N) is 2. The van der Waals surface area contributed by atoms with Gasteiger partial charge in [0.15, 0.2) is 0 Å². The highest BCUT2D eigenvalue weighted by Gasteiger charge is 2.21. The normalized spacial score (nSPS) is 17.6. The molecule has 0 saturated heterocycles. The Balaban J connectivity index is 1.83. The Labute approximate surface area is 99.5 Å². The maximum absolute atomic E-state index is 11.7. The fourth-order valence-electron chi connectivity index (χ4n) is 1.68. The highest BCUT2D eigenvalue weighted by Crippen LogP contribution is 2.20. The van der Waals surface area contributed by atoms with Crippen molar-refractivity contribution >= 4 is 17.4 Å². The second-order valence-corrected chi connectivity index (χ2v) is 5.00. The van der Waals surface area contributed by atoms with Crippen LogP contribution in [0.25, 0.3) is 0 Å². The molecule has 1 atom stereocenters. The first-order valence-corrected chi connectivity index (χ1v) is 6.64. The number of hydrogen-bond acceptors (Lipinski definition) is 3. The van der Waals surface area contributed by atoms with Crippen LogP contribution in [0, 0.1) is 0 Å². The third-order valence-corrected chi connectivity index (χ3v) is 3.79. The Bertz CT molecular complexity index is 335. The van der Waals surface area contributed by atoms with Crippen molar-refractivity contribution < 1.29 is 4.79 Å². The number of nitrogens with zero attached hydrogens (tertiary/aromatic N) is 1. The average Bonchev–Trinajstić information content (AvgIpc) is 2.73. The van der Waals surface area contributed by atoms with Gasteiger partial charge in [-0.3, -0.25) is 0 Å². The van der Waals surface area contributed by atoms with E-state index < -0.39 is 0 Å². The number of carbonyl (C=O) groups is 1. The summed E-state index contributed by atoms with van der Waals surface area (Å²) in [4.78, 5) is 15.9. The molecule has 1 saturated carbocycles. The Hall–Kier alpha value is -1.10. The van der Waals surface area contributed by atoms with E-state index in [4.69, 9.17) is 0 Å². The van der Waals surface area contributed by atoms with Crippen LogP contribution in [-0.4, -0.2) is 17.1 Å². The lowest BCUT2D eigenvalue weighted by molar-refractivity contribution is 0.224. The van der Waals surface area contributed by atoms with E-state index >= 15 is 0 Å². The minimum Gasteiger partial charge on any atom is -0.335 e. The summed E-state index contributed by atoms with van der Waals surface area (Å²) in [7, 11) is 0. The van der Waals surface area contributed by atoms with E-state index in [1.54, 1.807) is 17.5 Å². The lowest BCUT2D eigenvalue weighted by Gasteiger charge is -2.27. The molecule has 1 aliphatic carbocycles. The minimum atomic E-state index is -0.0632. The molecule has 1 aromatic heterocycles. The number of carbonyl (C=O) groups excluding carboxylic acids is 1. The smallest absolute Gasteiger partial charge is 0.315 e. The predicted octanol–water partition coefficient (Wildman–Crippen LogP) is 2.45. The molecule has 16 heavy (non-hydrogen) atoms. The van der Waals surface area contributed by atoms with Gasteiger partial charge in [-0.25, -0.2) is 9.78 Å². The summed E-state index contributed by atoms with van der Waals surface area (Å²) >= 11 is 1.58. The van der Waals surface area contributed by atoms with Gasteiger partial charge in [-0.15, -0.1) is 11.3 Å². The van der Waals surface area contributed by atoms with Crippen LogP contribution < -0.4 is 10.6 Å². The van der Waals surface area contributed by atoms with E-state index in [0.29, 0.717) is 6.04 Å². The fourth-order valence-corrected chi connectivity index (χ4v) is 2.46. The molecule has 2 rings (SSSR count). The molecule has 0 spiro atoms. The molecule has 0 aromatic carbocycles. The largest absolute Gasteiger partial charge is 0.335 e. The van der Waals surface area contributed by atoms with E-state index in [-0.39, 0.29) is 12.1 Å². The molecule has 2 N–H and O–H groups in total. The molecule has 1 heterocycles. The monoisotopic (exact) mass is 239 g/mol. The summed E-state index contributed by atoms with van der Waals surface area (Å²) in [6, 6.07) is 0.362. The minimum absolute atomic E-state index is 0.0417. The SMILES string of the molecule is CCC(NC(=O)NC1CCC1)c1nccs1. The number of rotatable bonds is 4. The van der Waals surface area contributed by atoms with Crippen LogP contribution in [0.2, 0.25) is 0 Å². The number of amides is 2. The molecule has 2 amide bonds. The third-order valence-electron chi connectivity index (χ3n) is 2.90. The Kier molecular flexibility index (Phi) is 3.77. The summed E-state index contributed by atoms with van der Waals surface area (Å²) in [5.74, 6) is 0. The van der Waals surface area contributed by atoms with Crippen molar-refractivity contribution in [1.82, 2.24) is 15.6 Å². The van der Waals surface area contributed by atoms with E-state index in [1.165, 1.54) is 6.42 Å². The molecule has 5 heteroatoms. The molecule has 1 aliphatic rings. The first kappa shape index (κ1) is 11.4. The zero-order chi connectivity index (χ0) is 11.4. The molecule has 1 aromatic rings. The molecule has 1 unspecified atom stereocenters. The van der Waals surface area contributed by atoms with Gasteiger partial charge < -0.3 is 10.6 Å². The van der Waals surface area contributed by atoms with Crippen molar-refractivity contribution in [2.24, 2.45) is 0 Å². The molecule has 0 bridgehead atoms. The van der Waals surface area contributed by atoms with Crippen LogP contribution in [-0.2, 0) is 0 Å². The zero-order valence-electron chi connectivity index (χ0n) is 9.40. The van der Waals surface area contributed by atoms with Crippen LogP contribution in [0.5, 0.6) is 0 Å². The summed E-state index contributed by atoms with van der Waals surface area (Å²) in [5.41, 5.74) is 0. The first-order chi connectivity index (χ1) is 7.79. The highest BCUT2D eigenvalue weighted by molar-refractivity contribution is 7.09. The van der Waals surface area contributed by atoms with Crippen molar-refractivity contribution in [3.63, 3.8) is 0 Å². The van der Waals surface area contributed by atoms with Gasteiger partial charge in [0.1, 0.15) is 5.01 Å². The fraction of sp³-hybridized carbons (Fsp3) is 0.636. The van der Waals surface area contributed by atoms with Crippen molar-refractivity contribution in [3.8, 4) is 0 Å². The van der Waals surface area contributed by atoms with E-state index in [0.717, 1.165) is 24.3 Å². The van der Waals surface area contributed by atoms with E-state index in [1.807, 2.05) is 5.38 Å². The number of urea groups is 1. The van der Waals surface area contributed by atoms with Crippen molar-refractivity contribution in [3.05, 3.63) is 16.6 Å². The summed E-state index contributed by atoms with van der Waals surface area (Å²) in [6.07, 6.45) is 6.09. The van der Waals surface area contributed by atoms with Crippen LogP contribution in [0.3, 0.4) is 0 Å². The zero-order valence-corrected chi connectivity index (χ0v) is 10.2. The van der Waals surface area contributed by atoms with Gasteiger partial charge in [-0.1, -0.05) is 6.92 Å². The van der Waals surface area contributed by atoms with Gasteiger partial charge in [-0.2, -0.15) is 0 Å². The highest BCUT2D eigenvalue weighted by atomic mass is 32.1. The lowest BCUT2D eigenvalue weighted by atomic mass is 9.93. The third kappa shape index (κ3) is 2.72. The van der Waals surface area contributed by atoms with Gasteiger partial charge in [0.05, 0.1) is 6.04 Å². The summed E-state index contributed by atoms with van der Waals surface area (Å²) in [5, 5.41) is 8.85. The van der Waals surface area contributed by atoms with Crippen molar-refractivity contribution in [1.29, 1.82) is 0 Å². The summed E-state index contributed by atoms with van der Waals surface area (Å²) in [6.45, 7) is 2.05. The number of thiazole rings is 1. The molecule has 4 nitrogen and oxygen atoms in total. The van der Waals surface area contributed by atoms with Gasteiger partial charge in [-0.05, 0) is 25.7 Å². The first-order valence-electron chi connectivity index (χ1n) is 5.76. The average molecular weight is 239 g/mol. The van der Waals surface area contributed by atoms with Crippen LogP contribution in [0.4, 0.5) is 4.79 Å². The summed E-state index contributed by atoms with van der Waals surface area (Å²) < 4.78 is 0. The second-order valence-electron chi connectivity index (χ2n) is 4.08. The van der Waals surface area contributed by atoms with Crippen LogP contribution in [0.1, 0.15) is 43.7 Å². The van der Waals surface area contributed by atoms with Crippen LogP contribution >= 0.6 is 11.3 Å². The standard InChI is InChI=1S/C11H17N3OS/c1-2-9(10-12-6-7-16-10)14-11(15)13-8-4-3-5-8/h6-9H,2-5H2,1H3,(H2,13,14,15). The van der Waals surface area contributed by atoms with E-state index in [2.05, 4.69) is 22.5 Å². The maximum atomic E-state index is 11.7. The van der Waals surface area contributed by atoms with Crippen molar-refractivity contribution in [2.75, 3.05) is 0 Å². The molecular formula is C11H17N3OS. The lowest BCUT2D eigenvalue weighted by Crippen LogP contribution is -2.46. The van der Waals surface area contributed by atoms with Crippen LogP contribution in [0.15, 0.2) is 11.6 Å². The number of aromatic nitrogens is 1. The van der Waals surface area contributed by atoms with E-state index in [9.17, 15) is 4.79 Å². The Morgan fingerprint density at radius 2 is 2.50 bits per heavy atom. The Morgan fingerprint density at radius 1 is 1.69 bits per heavy atom. The molecular weight excluding hydrogens is 222 g/mol. The van der Waals surface area contributed by atoms with Gasteiger partial charge in [0, 0.05) is 17.6 Å². The van der Waals surface area contributed by atoms with Gasteiger partial charge >= 0.3 is 6.03 Å². The molecule has 88 valence electrons. The topological polar surface area (TPSA) is 54.0 Å². The molecule has 0 aliphatic heterocycles.